The van der Waals surface area contributed by atoms with E-state index in [2.05, 4.69) is 20.1 Å². The second kappa shape index (κ2) is 8.14. The van der Waals surface area contributed by atoms with Crippen molar-refractivity contribution in [2.75, 3.05) is 13.6 Å². The summed E-state index contributed by atoms with van der Waals surface area (Å²) in [6.45, 7) is 3.88. The highest BCUT2D eigenvalue weighted by atomic mass is 19.4. The van der Waals surface area contributed by atoms with Crippen LogP contribution < -0.4 is 0 Å². The van der Waals surface area contributed by atoms with Gasteiger partial charge in [0, 0.05) is 49.7 Å². The van der Waals surface area contributed by atoms with Gasteiger partial charge in [0.25, 0.3) is 11.6 Å². The molecule has 0 aliphatic heterocycles. The summed E-state index contributed by atoms with van der Waals surface area (Å²) in [4.78, 5) is 25.9. The van der Waals surface area contributed by atoms with Crippen LogP contribution in [0.5, 0.6) is 0 Å². The average Bonchev–Trinajstić information content (AvgIpc) is 3.11. The summed E-state index contributed by atoms with van der Waals surface area (Å²) in [5.74, 6) is -1.39. The Balaban J connectivity index is 1.68. The van der Waals surface area contributed by atoms with Crippen molar-refractivity contribution in [2.45, 2.75) is 39.3 Å². The number of pyridine rings is 1. The molecule has 0 aliphatic carbocycles. The molecule has 154 valence electrons. The molecule has 0 spiro atoms. The number of halogens is 3. The van der Waals surface area contributed by atoms with Crippen LogP contribution in [0.25, 0.3) is 5.78 Å². The molecule has 0 bridgehead atoms. The Morgan fingerprint density at radius 3 is 2.59 bits per heavy atom. The third kappa shape index (κ3) is 4.69. The van der Waals surface area contributed by atoms with E-state index in [0.717, 1.165) is 10.2 Å². The van der Waals surface area contributed by atoms with E-state index in [-0.39, 0.29) is 18.1 Å². The molecule has 0 atom stereocenters. The lowest BCUT2D eigenvalue weighted by atomic mass is 10.1. The smallest absolute Gasteiger partial charge is 0.345 e. The Kier molecular flexibility index (Phi) is 5.81. The zero-order valence-corrected chi connectivity index (χ0v) is 16.4. The number of hydrogen-bond acceptors (Lipinski definition) is 5. The van der Waals surface area contributed by atoms with E-state index in [1.807, 2.05) is 18.2 Å². The van der Waals surface area contributed by atoms with Crippen LogP contribution in [0.1, 0.15) is 34.9 Å². The van der Waals surface area contributed by atoms with Crippen molar-refractivity contribution in [2.24, 2.45) is 0 Å². The summed E-state index contributed by atoms with van der Waals surface area (Å²) < 4.78 is 39.7. The molecular formula is C19H21F3N6O. The first-order valence-corrected chi connectivity index (χ1v) is 9.10. The summed E-state index contributed by atoms with van der Waals surface area (Å²) in [5.41, 5.74) is 2.64. The minimum atomic E-state index is -4.64. The fraction of sp³-hybridized carbons (Fsp3) is 0.421. The molecule has 0 N–H and O–H groups in total. The Labute approximate surface area is 165 Å². The molecule has 10 heteroatoms. The summed E-state index contributed by atoms with van der Waals surface area (Å²) in [5, 5.41) is 3.53. The molecule has 3 rings (SSSR count). The first-order chi connectivity index (χ1) is 13.7. The van der Waals surface area contributed by atoms with Crippen molar-refractivity contribution in [3.8, 4) is 0 Å². The summed E-state index contributed by atoms with van der Waals surface area (Å²) in [7, 11) is 1.72. The number of rotatable bonds is 6. The highest BCUT2D eigenvalue weighted by Gasteiger charge is 2.37. The van der Waals surface area contributed by atoms with E-state index in [4.69, 9.17) is 0 Å². The number of carbonyl (C=O) groups excluding carboxylic acids is 1. The maximum atomic E-state index is 12.9. The van der Waals surface area contributed by atoms with E-state index in [1.54, 1.807) is 32.0 Å². The maximum absolute atomic E-state index is 12.9. The van der Waals surface area contributed by atoms with Crippen LogP contribution >= 0.6 is 0 Å². The minimum Gasteiger partial charge on any atom is -0.345 e. The third-order valence-corrected chi connectivity index (χ3v) is 4.75. The molecule has 0 aliphatic rings. The van der Waals surface area contributed by atoms with Crippen LogP contribution in [0.3, 0.4) is 0 Å². The SMILES string of the molecule is Cc1nc2nc(C(F)(F)F)nn2c(C)c1CCC(=O)N(C)CCc1ccccn1. The zero-order chi connectivity index (χ0) is 21.2. The second-order valence-electron chi connectivity index (χ2n) is 6.79. The Morgan fingerprint density at radius 2 is 1.93 bits per heavy atom. The van der Waals surface area contributed by atoms with Crippen LogP contribution in [0.4, 0.5) is 13.2 Å². The molecule has 0 saturated carbocycles. The number of alkyl halides is 3. The van der Waals surface area contributed by atoms with E-state index < -0.39 is 12.0 Å². The molecule has 0 fully saturated rings. The number of aryl methyl sites for hydroxylation is 2. The molecule has 7 nitrogen and oxygen atoms in total. The van der Waals surface area contributed by atoms with Crippen molar-refractivity contribution >= 4 is 11.7 Å². The van der Waals surface area contributed by atoms with Gasteiger partial charge in [0.15, 0.2) is 0 Å². The maximum Gasteiger partial charge on any atom is 0.453 e. The van der Waals surface area contributed by atoms with Gasteiger partial charge in [-0.05, 0) is 38.0 Å². The summed E-state index contributed by atoms with van der Waals surface area (Å²) in [6.07, 6.45) is -1.71. The van der Waals surface area contributed by atoms with E-state index in [0.29, 0.717) is 36.3 Å². The molecule has 0 unspecified atom stereocenters. The molecular weight excluding hydrogens is 385 g/mol. The topological polar surface area (TPSA) is 76.3 Å². The number of amides is 1. The lowest BCUT2D eigenvalue weighted by molar-refractivity contribution is -0.144. The molecule has 1 amide bonds. The molecule has 29 heavy (non-hydrogen) atoms. The van der Waals surface area contributed by atoms with Crippen LogP contribution in [0.15, 0.2) is 24.4 Å². The highest BCUT2D eigenvalue weighted by Crippen LogP contribution is 2.27. The van der Waals surface area contributed by atoms with Crippen molar-refractivity contribution in [3.63, 3.8) is 0 Å². The Hall–Kier alpha value is -3.04. The standard InChI is InChI=1S/C19H21F3N6O/c1-12-15(13(2)28-18(24-12)25-17(26-28)19(20,21)22)7-8-16(29)27(3)11-9-14-6-4-5-10-23-14/h4-6,10H,7-9,11H2,1-3H3. The first kappa shape index (κ1) is 20.7. The number of nitrogens with zero attached hydrogens (tertiary/aromatic N) is 6. The predicted molar refractivity (Wildman–Crippen MR) is 99.2 cm³/mol. The van der Waals surface area contributed by atoms with Gasteiger partial charge in [-0.15, -0.1) is 5.10 Å². The van der Waals surface area contributed by atoms with Gasteiger partial charge < -0.3 is 4.90 Å². The lowest BCUT2D eigenvalue weighted by Gasteiger charge is -2.17. The predicted octanol–water partition coefficient (Wildman–Crippen LogP) is 2.79. The number of carbonyl (C=O) groups is 1. The second-order valence-corrected chi connectivity index (χ2v) is 6.79. The summed E-state index contributed by atoms with van der Waals surface area (Å²) >= 11 is 0. The van der Waals surface area contributed by atoms with Gasteiger partial charge in [0.1, 0.15) is 0 Å². The highest BCUT2D eigenvalue weighted by molar-refractivity contribution is 5.76. The van der Waals surface area contributed by atoms with Crippen LogP contribution in [-0.4, -0.2) is 49.0 Å². The van der Waals surface area contributed by atoms with Crippen molar-refractivity contribution in [1.29, 1.82) is 0 Å². The van der Waals surface area contributed by atoms with Gasteiger partial charge in [-0.1, -0.05) is 6.07 Å². The van der Waals surface area contributed by atoms with Gasteiger partial charge in [-0.2, -0.15) is 18.2 Å². The molecule has 3 aromatic heterocycles. The minimum absolute atomic E-state index is 0.0607. The molecule has 0 aromatic carbocycles. The molecule has 0 radical (unpaired) electrons. The van der Waals surface area contributed by atoms with Crippen molar-refractivity contribution < 1.29 is 18.0 Å². The average molecular weight is 406 g/mol. The number of aromatic nitrogens is 5. The van der Waals surface area contributed by atoms with Gasteiger partial charge in [0.05, 0.1) is 0 Å². The third-order valence-electron chi connectivity index (χ3n) is 4.75. The van der Waals surface area contributed by atoms with Gasteiger partial charge >= 0.3 is 6.18 Å². The van der Waals surface area contributed by atoms with Crippen molar-refractivity contribution in [3.05, 3.63) is 52.9 Å². The lowest BCUT2D eigenvalue weighted by Crippen LogP contribution is -2.29. The van der Waals surface area contributed by atoms with E-state index >= 15 is 0 Å². The first-order valence-electron chi connectivity index (χ1n) is 9.10. The van der Waals surface area contributed by atoms with Crippen molar-refractivity contribution in [1.82, 2.24) is 29.5 Å². The normalized spacial score (nSPS) is 11.8. The van der Waals surface area contributed by atoms with E-state index in [9.17, 15) is 18.0 Å². The summed E-state index contributed by atoms with van der Waals surface area (Å²) in [6, 6.07) is 5.63. The van der Waals surface area contributed by atoms with Gasteiger partial charge in [0.2, 0.25) is 5.91 Å². The monoisotopic (exact) mass is 406 g/mol. The fourth-order valence-electron chi connectivity index (χ4n) is 3.07. The molecule has 0 saturated heterocycles. The number of likely N-dealkylation sites (N-methyl/N-ethyl adjacent to an activating group) is 1. The Bertz CT molecular complexity index is 1020. The van der Waals surface area contributed by atoms with Gasteiger partial charge in [-0.3, -0.25) is 9.78 Å². The van der Waals surface area contributed by atoms with E-state index in [1.165, 1.54) is 0 Å². The fourth-order valence-corrected chi connectivity index (χ4v) is 3.07. The zero-order valence-electron chi connectivity index (χ0n) is 16.4. The van der Waals surface area contributed by atoms with Crippen LogP contribution in [-0.2, 0) is 23.8 Å². The largest absolute Gasteiger partial charge is 0.453 e. The molecule has 3 heterocycles. The van der Waals surface area contributed by atoms with Crippen LogP contribution in [0, 0.1) is 13.8 Å². The molecule has 3 aromatic rings. The number of hydrogen-bond donors (Lipinski definition) is 0. The van der Waals surface area contributed by atoms with Crippen LogP contribution in [0.2, 0.25) is 0 Å². The van der Waals surface area contributed by atoms with Gasteiger partial charge in [-0.25, -0.2) is 9.50 Å². The quantitative estimate of drug-likeness (QED) is 0.629. The Morgan fingerprint density at radius 1 is 1.17 bits per heavy atom. The number of fused-ring (bicyclic) bond motifs is 1.